The number of aromatic nitrogens is 2. The van der Waals surface area contributed by atoms with E-state index in [1.807, 2.05) is 44.2 Å². The minimum absolute atomic E-state index is 0.205. The van der Waals surface area contributed by atoms with Gasteiger partial charge in [-0.2, -0.15) is 4.68 Å². The SMILES string of the molecule is CCc1ccccc1NC(=O)C(CC)Sc1nc2ccsc2c(=O)n1NC(=O)COc1ccccc1Br. The van der Waals surface area contributed by atoms with Gasteiger partial charge in [-0.05, 0) is 64.0 Å². The van der Waals surface area contributed by atoms with Gasteiger partial charge < -0.3 is 10.1 Å². The second kappa shape index (κ2) is 12.4. The minimum atomic E-state index is -0.549. The summed E-state index contributed by atoms with van der Waals surface area (Å²) in [5.74, 6) is -0.239. The van der Waals surface area contributed by atoms with E-state index in [2.05, 4.69) is 31.7 Å². The summed E-state index contributed by atoms with van der Waals surface area (Å²) < 4.78 is 7.81. The molecule has 1 unspecified atom stereocenters. The van der Waals surface area contributed by atoms with Crippen molar-refractivity contribution in [3.05, 3.63) is 80.4 Å². The Balaban J connectivity index is 1.56. The summed E-state index contributed by atoms with van der Waals surface area (Å²) in [5, 5.41) is 4.43. The van der Waals surface area contributed by atoms with Crippen molar-refractivity contribution in [3.8, 4) is 5.75 Å². The quantitative estimate of drug-likeness (QED) is 0.185. The predicted molar refractivity (Wildman–Crippen MR) is 152 cm³/mol. The van der Waals surface area contributed by atoms with Gasteiger partial charge in [0.2, 0.25) is 5.91 Å². The fourth-order valence-corrected chi connectivity index (χ4v) is 5.68. The smallest absolute Gasteiger partial charge is 0.291 e. The highest BCUT2D eigenvalue weighted by atomic mass is 79.9. The van der Waals surface area contributed by atoms with Crippen LogP contribution in [0.15, 0.2) is 74.4 Å². The second-order valence-corrected chi connectivity index (χ2v) is 10.9. The molecule has 0 aliphatic heterocycles. The molecular formula is C26H25BrN4O4S2. The molecule has 0 radical (unpaired) electrons. The lowest BCUT2D eigenvalue weighted by molar-refractivity contribution is -0.119. The van der Waals surface area contributed by atoms with Crippen molar-refractivity contribution in [2.24, 2.45) is 0 Å². The zero-order valence-corrected chi connectivity index (χ0v) is 23.4. The molecule has 0 aliphatic rings. The molecule has 8 nitrogen and oxygen atoms in total. The third-order valence-electron chi connectivity index (χ3n) is 5.45. The monoisotopic (exact) mass is 600 g/mol. The highest BCUT2D eigenvalue weighted by Gasteiger charge is 2.24. The predicted octanol–water partition coefficient (Wildman–Crippen LogP) is 5.44. The number of benzene rings is 2. The molecule has 0 saturated carbocycles. The van der Waals surface area contributed by atoms with Crippen molar-refractivity contribution in [1.82, 2.24) is 9.66 Å². The van der Waals surface area contributed by atoms with Crippen LogP contribution in [0, 0.1) is 0 Å². The number of rotatable bonds is 10. The average Bonchev–Trinajstić information content (AvgIpc) is 3.38. The molecule has 0 aliphatic carbocycles. The topological polar surface area (TPSA) is 102 Å². The Morgan fingerprint density at radius 3 is 2.65 bits per heavy atom. The zero-order chi connectivity index (χ0) is 26.4. The van der Waals surface area contributed by atoms with Crippen LogP contribution in [0.1, 0.15) is 25.8 Å². The maximum Gasteiger partial charge on any atom is 0.291 e. The number of aryl methyl sites for hydroxylation is 1. The summed E-state index contributed by atoms with van der Waals surface area (Å²) in [6, 6.07) is 16.5. The van der Waals surface area contributed by atoms with Gasteiger partial charge in [-0.1, -0.05) is 55.9 Å². The first kappa shape index (κ1) is 26.9. The zero-order valence-electron chi connectivity index (χ0n) is 20.2. The van der Waals surface area contributed by atoms with E-state index in [-0.39, 0.29) is 17.7 Å². The summed E-state index contributed by atoms with van der Waals surface area (Å²) in [4.78, 5) is 43.8. The maximum absolute atomic E-state index is 13.2. The third-order valence-corrected chi connectivity index (χ3v) is 8.31. The van der Waals surface area contributed by atoms with Crippen molar-refractivity contribution in [1.29, 1.82) is 0 Å². The Labute approximate surface area is 230 Å². The number of thiophene rings is 1. The molecule has 2 aromatic heterocycles. The second-order valence-electron chi connectivity index (χ2n) is 7.94. The number of carbonyl (C=O) groups is 2. The van der Waals surface area contributed by atoms with E-state index in [4.69, 9.17) is 4.74 Å². The van der Waals surface area contributed by atoms with E-state index in [0.717, 1.165) is 34.1 Å². The lowest BCUT2D eigenvalue weighted by Gasteiger charge is -2.18. The largest absolute Gasteiger partial charge is 0.483 e. The van der Waals surface area contributed by atoms with Gasteiger partial charge >= 0.3 is 0 Å². The summed E-state index contributed by atoms with van der Waals surface area (Å²) in [6.45, 7) is 3.60. The minimum Gasteiger partial charge on any atom is -0.483 e. The number of nitrogens with zero attached hydrogens (tertiary/aromatic N) is 2. The van der Waals surface area contributed by atoms with Crippen molar-refractivity contribution < 1.29 is 14.3 Å². The number of hydrogen-bond donors (Lipinski definition) is 2. The van der Waals surface area contributed by atoms with Gasteiger partial charge in [0.1, 0.15) is 10.4 Å². The Kier molecular flexibility index (Phi) is 9.01. The molecule has 1 atom stereocenters. The molecule has 4 aromatic rings. The van der Waals surface area contributed by atoms with E-state index < -0.39 is 16.7 Å². The molecule has 2 N–H and O–H groups in total. The number of amides is 2. The first-order valence-corrected chi connectivity index (χ1v) is 14.2. The number of carbonyl (C=O) groups excluding carboxylic acids is 2. The van der Waals surface area contributed by atoms with Crippen LogP contribution in [-0.2, 0) is 16.0 Å². The van der Waals surface area contributed by atoms with Gasteiger partial charge in [0.25, 0.3) is 11.5 Å². The molecule has 2 aromatic carbocycles. The summed E-state index contributed by atoms with van der Waals surface area (Å²) in [7, 11) is 0. The van der Waals surface area contributed by atoms with Crippen molar-refractivity contribution >= 4 is 66.7 Å². The number of fused-ring (bicyclic) bond motifs is 1. The highest BCUT2D eigenvalue weighted by Crippen LogP contribution is 2.27. The molecule has 11 heteroatoms. The van der Waals surface area contributed by atoms with Gasteiger partial charge in [-0.3, -0.25) is 19.8 Å². The Morgan fingerprint density at radius 2 is 1.89 bits per heavy atom. The summed E-state index contributed by atoms with van der Waals surface area (Å²) >= 11 is 5.75. The van der Waals surface area contributed by atoms with Crippen LogP contribution < -0.4 is 21.0 Å². The number of ether oxygens (including phenoxy) is 1. The Morgan fingerprint density at radius 1 is 1.14 bits per heavy atom. The fraction of sp³-hybridized carbons (Fsp3) is 0.231. The Bertz CT molecular complexity index is 1490. The number of thioether (sulfide) groups is 1. The molecule has 2 heterocycles. The molecule has 192 valence electrons. The number of anilines is 1. The van der Waals surface area contributed by atoms with Crippen LogP contribution in [0.25, 0.3) is 10.2 Å². The van der Waals surface area contributed by atoms with Crippen LogP contribution in [0.3, 0.4) is 0 Å². The van der Waals surface area contributed by atoms with Crippen LogP contribution in [0.5, 0.6) is 5.75 Å². The van der Waals surface area contributed by atoms with Crippen molar-refractivity contribution in [3.63, 3.8) is 0 Å². The molecule has 0 saturated heterocycles. The molecule has 37 heavy (non-hydrogen) atoms. The molecule has 0 spiro atoms. The van der Waals surface area contributed by atoms with Crippen LogP contribution >= 0.6 is 39.0 Å². The van der Waals surface area contributed by atoms with Crippen LogP contribution in [0.4, 0.5) is 5.69 Å². The van der Waals surface area contributed by atoms with E-state index in [9.17, 15) is 14.4 Å². The number of nitrogens with one attached hydrogen (secondary N) is 2. The van der Waals surface area contributed by atoms with E-state index >= 15 is 0 Å². The molecule has 0 bridgehead atoms. The number of hydrogen-bond acceptors (Lipinski definition) is 7. The van der Waals surface area contributed by atoms with Gasteiger partial charge in [0, 0.05) is 5.69 Å². The molecule has 0 fully saturated rings. The summed E-state index contributed by atoms with van der Waals surface area (Å²) in [5.41, 5.74) is 4.49. The average molecular weight is 602 g/mol. The molecule has 4 rings (SSSR count). The maximum atomic E-state index is 13.2. The summed E-state index contributed by atoms with van der Waals surface area (Å²) in [6.07, 6.45) is 1.27. The van der Waals surface area contributed by atoms with Crippen molar-refractivity contribution in [2.45, 2.75) is 37.1 Å². The van der Waals surface area contributed by atoms with Gasteiger partial charge in [0.05, 0.1) is 15.2 Å². The normalized spacial score (nSPS) is 11.8. The van der Waals surface area contributed by atoms with Gasteiger partial charge in [-0.15, -0.1) is 11.3 Å². The van der Waals surface area contributed by atoms with Gasteiger partial charge in [0.15, 0.2) is 11.8 Å². The van der Waals surface area contributed by atoms with Crippen LogP contribution in [0.2, 0.25) is 0 Å². The van der Waals surface area contributed by atoms with E-state index in [1.54, 1.807) is 29.6 Å². The fourth-order valence-electron chi connectivity index (χ4n) is 3.55. The number of halogens is 1. The van der Waals surface area contributed by atoms with E-state index in [1.165, 1.54) is 11.3 Å². The lowest BCUT2D eigenvalue weighted by atomic mass is 10.1. The first-order valence-electron chi connectivity index (χ1n) is 11.6. The highest BCUT2D eigenvalue weighted by molar-refractivity contribution is 9.10. The van der Waals surface area contributed by atoms with Gasteiger partial charge in [-0.25, -0.2) is 4.98 Å². The third kappa shape index (κ3) is 6.41. The number of para-hydroxylation sites is 2. The van der Waals surface area contributed by atoms with E-state index in [0.29, 0.717) is 26.9 Å². The lowest BCUT2D eigenvalue weighted by Crippen LogP contribution is -2.37. The molecule has 2 amide bonds. The Hall–Kier alpha value is -3.15. The first-order chi connectivity index (χ1) is 17.9. The molecular weight excluding hydrogens is 576 g/mol. The standard InChI is InChI=1S/C26H25BrN4O4S2/c1-3-16-9-5-7-11-18(16)28-24(33)21(4-2)37-26-29-19-13-14-36-23(19)25(34)31(26)30-22(32)15-35-20-12-8-6-10-17(20)27/h5-14,21H,3-4,15H2,1-2H3,(H,28,33)(H,30,32). The van der Waals surface area contributed by atoms with Crippen molar-refractivity contribution in [2.75, 3.05) is 17.3 Å². The van der Waals surface area contributed by atoms with Crippen LogP contribution in [-0.4, -0.2) is 33.3 Å².